The third-order valence-corrected chi connectivity index (χ3v) is 5.17. The molecule has 120 valence electrons. The average molecular weight is 308 g/mol. The van der Waals surface area contributed by atoms with Gasteiger partial charge >= 0.3 is 0 Å². The second-order valence-corrected chi connectivity index (χ2v) is 6.60. The quantitative estimate of drug-likeness (QED) is 0.942. The highest BCUT2D eigenvalue weighted by Crippen LogP contribution is 2.39. The number of nitrogens with two attached hydrogens (primary N) is 1. The van der Waals surface area contributed by atoms with Crippen LogP contribution in [0.5, 0.6) is 5.75 Å². The molecule has 4 rings (SSSR count). The van der Waals surface area contributed by atoms with Gasteiger partial charge < -0.3 is 10.5 Å². The molecule has 1 saturated heterocycles. The van der Waals surface area contributed by atoms with Crippen molar-refractivity contribution in [2.24, 2.45) is 5.73 Å². The summed E-state index contributed by atoms with van der Waals surface area (Å²) in [7, 11) is 0. The lowest BCUT2D eigenvalue weighted by Crippen LogP contribution is -2.38. The van der Waals surface area contributed by atoms with Crippen molar-refractivity contribution in [1.82, 2.24) is 4.90 Å². The fraction of sp³-hybridized carbons (Fsp3) is 0.400. The molecule has 2 atom stereocenters. The normalized spacial score (nSPS) is 23.9. The Hall–Kier alpha value is -1.84. The van der Waals surface area contributed by atoms with Gasteiger partial charge in [-0.05, 0) is 61.2 Å². The van der Waals surface area contributed by atoms with Gasteiger partial charge in [0.05, 0.1) is 6.04 Å². The summed E-state index contributed by atoms with van der Waals surface area (Å²) >= 11 is 0. The number of hydrogen-bond acceptors (Lipinski definition) is 3. The van der Waals surface area contributed by atoms with Crippen molar-refractivity contribution >= 4 is 0 Å². The second-order valence-electron chi connectivity index (χ2n) is 6.60. The Kier molecular flexibility index (Phi) is 4.06. The van der Waals surface area contributed by atoms with Gasteiger partial charge in [0.2, 0.25) is 0 Å². The van der Waals surface area contributed by atoms with E-state index in [0.29, 0.717) is 12.6 Å². The molecule has 1 aliphatic carbocycles. The van der Waals surface area contributed by atoms with Gasteiger partial charge in [0.1, 0.15) is 11.9 Å². The van der Waals surface area contributed by atoms with Crippen molar-refractivity contribution in [1.29, 1.82) is 0 Å². The van der Waals surface area contributed by atoms with Crippen LogP contribution in [-0.2, 0) is 13.0 Å². The molecule has 2 N–H and O–H groups in total. The molecule has 23 heavy (non-hydrogen) atoms. The molecule has 1 aliphatic heterocycles. The minimum atomic E-state index is 0.132. The zero-order valence-electron chi connectivity index (χ0n) is 13.4. The van der Waals surface area contributed by atoms with E-state index in [1.807, 2.05) is 12.1 Å². The molecule has 1 heterocycles. The maximum atomic E-state index is 6.44. The summed E-state index contributed by atoms with van der Waals surface area (Å²) in [6, 6.07) is 17.4. The number of benzene rings is 2. The van der Waals surface area contributed by atoms with E-state index in [-0.39, 0.29) is 6.10 Å². The molecule has 0 amide bonds. The predicted octanol–water partition coefficient (Wildman–Crippen LogP) is 3.29. The zero-order valence-corrected chi connectivity index (χ0v) is 13.4. The third kappa shape index (κ3) is 2.87. The Labute approximate surface area is 138 Å². The highest BCUT2D eigenvalue weighted by molar-refractivity contribution is 5.38. The van der Waals surface area contributed by atoms with Crippen LogP contribution in [0.3, 0.4) is 0 Å². The topological polar surface area (TPSA) is 38.5 Å². The fourth-order valence-electron chi connectivity index (χ4n) is 3.92. The van der Waals surface area contributed by atoms with Crippen molar-refractivity contribution < 1.29 is 4.74 Å². The Balaban J connectivity index is 1.61. The molecule has 0 unspecified atom stereocenters. The maximum absolute atomic E-state index is 6.44. The van der Waals surface area contributed by atoms with Crippen LogP contribution in [-0.4, -0.2) is 24.0 Å². The first kappa shape index (κ1) is 14.7. The molecule has 0 saturated carbocycles. The van der Waals surface area contributed by atoms with Crippen LogP contribution >= 0.6 is 0 Å². The van der Waals surface area contributed by atoms with Gasteiger partial charge in [0.15, 0.2) is 0 Å². The van der Waals surface area contributed by atoms with E-state index in [1.54, 1.807) is 0 Å². The smallest absolute Gasteiger partial charge is 0.140 e. The van der Waals surface area contributed by atoms with Gasteiger partial charge in [-0.1, -0.05) is 36.4 Å². The molecule has 2 aliphatic rings. The maximum Gasteiger partial charge on any atom is 0.140 e. The Bertz CT molecular complexity index is 662. The van der Waals surface area contributed by atoms with Gasteiger partial charge in [-0.2, -0.15) is 0 Å². The SMILES string of the molecule is NCc1ccc(O[C@H]2c3ccccc3C[C@@H]2N2CCCC2)cc1. The first-order chi connectivity index (χ1) is 11.3. The van der Waals surface area contributed by atoms with E-state index in [4.69, 9.17) is 10.5 Å². The molecule has 0 aromatic heterocycles. The monoisotopic (exact) mass is 308 g/mol. The standard InChI is InChI=1S/C20H24N2O/c21-14-15-7-9-17(10-8-15)23-20-18-6-2-1-5-16(18)13-19(20)22-11-3-4-12-22/h1-2,5-10,19-20H,3-4,11-14,21H2/t19-,20-/m0/s1. The van der Waals surface area contributed by atoms with Gasteiger partial charge in [-0.25, -0.2) is 0 Å². The van der Waals surface area contributed by atoms with Crippen molar-refractivity contribution in [2.75, 3.05) is 13.1 Å². The molecule has 0 spiro atoms. The summed E-state index contributed by atoms with van der Waals surface area (Å²) in [5, 5.41) is 0. The van der Waals surface area contributed by atoms with Crippen LogP contribution in [0.4, 0.5) is 0 Å². The van der Waals surface area contributed by atoms with E-state index < -0.39 is 0 Å². The molecule has 3 heteroatoms. The van der Waals surface area contributed by atoms with Crippen molar-refractivity contribution in [3.05, 3.63) is 65.2 Å². The molecule has 2 aromatic rings. The van der Waals surface area contributed by atoms with E-state index in [0.717, 1.165) is 17.7 Å². The van der Waals surface area contributed by atoms with E-state index >= 15 is 0 Å². The van der Waals surface area contributed by atoms with Crippen LogP contribution in [0.2, 0.25) is 0 Å². The Morgan fingerprint density at radius 3 is 2.48 bits per heavy atom. The fourth-order valence-corrected chi connectivity index (χ4v) is 3.92. The lowest BCUT2D eigenvalue weighted by atomic mass is 10.1. The molecule has 3 nitrogen and oxygen atoms in total. The lowest BCUT2D eigenvalue weighted by molar-refractivity contribution is 0.0941. The highest BCUT2D eigenvalue weighted by atomic mass is 16.5. The van der Waals surface area contributed by atoms with Gasteiger partial charge in [0, 0.05) is 6.54 Å². The summed E-state index contributed by atoms with van der Waals surface area (Å²) in [6.45, 7) is 2.97. The van der Waals surface area contributed by atoms with E-state index in [1.165, 1.54) is 37.1 Å². The number of rotatable bonds is 4. The molecule has 0 radical (unpaired) electrons. The number of fused-ring (bicyclic) bond motifs is 1. The molecule has 2 aromatic carbocycles. The van der Waals surface area contributed by atoms with E-state index in [9.17, 15) is 0 Å². The summed E-state index contributed by atoms with van der Waals surface area (Å²) in [5.41, 5.74) is 9.62. The van der Waals surface area contributed by atoms with Crippen molar-refractivity contribution in [3.63, 3.8) is 0 Å². The highest BCUT2D eigenvalue weighted by Gasteiger charge is 2.38. The summed E-state index contributed by atoms with van der Waals surface area (Å²) < 4.78 is 6.44. The van der Waals surface area contributed by atoms with Gasteiger partial charge in [0.25, 0.3) is 0 Å². The van der Waals surface area contributed by atoms with Crippen LogP contribution in [0.25, 0.3) is 0 Å². The predicted molar refractivity (Wildman–Crippen MR) is 92.4 cm³/mol. The summed E-state index contributed by atoms with van der Waals surface area (Å²) in [4.78, 5) is 2.61. The zero-order chi connectivity index (χ0) is 15.6. The second kappa shape index (κ2) is 6.34. The number of nitrogens with zero attached hydrogens (tertiary/aromatic N) is 1. The third-order valence-electron chi connectivity index (χ3n) is 5.17. The van der Waals surface area contributed by atoms with Crippen LogP contribution in [0.1, 0.15) is 35.6 Å². The van der Waals surface area contributed by atoms with Crippen LogP contribution in [0.15, 0.2) is 48.5 Å². The van der Waals surface area contributed by atoms with Crippen LogP contribution < -0.4 is 10.5 Å². The average Bonchev–Trinajstić information content (AvgIpc) is 3.24. The number of likely N-dealkylation sites (tertiary alicyclic amines) is 1. The Morgan fingerprint density at radius 1 is 1.00 bits per heavy atom. The molecular formula is C20H24N2O. The summed E-state index contributed by atoms with van der Waals surface area (Å²) in [5.74, 6) is 0.938. The molecule has 0 bridgehead atoms. The van der Waals surface area contributed by atoms with Gasteiger partial charge in [-0.3, -0.25) is 4.90 Å². The minimum absolute atomic E-state index is 0.132. The lowest BCUT2D eigenvalue weighted by Gasteiger charge is -2.30. The number of ether oxygens (including phenoxy) is 1. The first-order valence-corrected chi connectivity index (χ1v) is 8.62. The number of hydrogen-bond donors (Lipinski definition) is 1. The molecule has 1 fully saturated rings. The largest absolute Gasteiger partial charge is 0.484 e. The van der Waals surface area contributed by atoms with Gasteiger partial charge in [-0.15, -0.1) is 0 Å². The summed E-state index contributed by atoms with van der Waals surface area (Å²) in [6.07, 6.45) is 3.85. The van der Waals surface area contributed by atoms with Crippen molar-refractivity contribution in [2.45, 2.75) is 38.0 Å². The Morgan fingerprint density at radius 2 is 1.74 bits per heavy atom. The minimum Gasteiger partial charge on any atom is -0.484 e. The van der Waals surface area contributed by atoms with E-state index in [2.05, 4.69) is 41.3 Å². The first-order valence-electron chi connectivity index (χ1n) is 8.62. The molecular weight excluding hydrogens is 284 g/mol. The van der Waals surface area contributed by atoms with Crippen LogP contribution in [0, 0.1) is 0 Å². The van der Waals surface area contributed by atoms with Crippen molar-refractivity contribution in [3.8, 4) is 5.75 Å².